The Morgan fingerprint density at radius 1 is 1.21 bits per heavy atom. The van der Waals surface area contributed by atoms with Gasteiger partial charge in [-0.2, -0.15) is 0 Å². The molecule has 2 N–H and O–H groups in total. The third-order valence-corrected chi connectivity index (χ3v) is 6.59. The number of hydrogen-bond acceptors (Lipinski definition) is 5. The van der Waals surface area contributed by atoms with Gasteiger partial charge in [0.1, 0.15) is 11.4 Å². The highest BCUT2D eigenvalue weighted by Crippen LogP contribution is 2.59. The highest BCUT2D eigenvalue weighted by molar-refractivity contribution is 6.30. The van der Waals surface area contributed by atoms with Gasteiger partial charge in [0.25, 0.3) is 0 Å². The number of rotatable bonds is 2. The molecule has 0 radical (unpaired) electrons. The van der Waals surface area contributed by atoms with E-state index in [9.17, 15) is 4.39 Å². The number of methoxy groups -OCH3 is 1. The Balaban J connectivity index is 1.65. The van der Waals surface area contributed by atoms with Gasteiger partial charge in [-0.1, -0.05) is 17.7 Å². The molecule has 2 spiro atoms. The van der Waals surface area contributed by atoms with Crippen LogP contribution in [0.15, 0.2) is 53.6 Å². The molecule has 5 rings (SSSR count). The fourth-order valence-electron chi connectivity index (χ4n) is 4.88. The summed E-state index contributed by atoms with van der Waals surface area (Å²) in [4.78, 5) is 8.81. The average Bonchev–Trinajstić information content (AvgIpc) is 3.16. The Labute approximate surface area is 173 Å². The van der Waals surface area contributed by atoms with Crippen LogP contribution in [0.25, 0.3) is 11.1 Å². The smallest absolute Gasteiger partial charge is 0.163 e. The molecule has 1 saturated carbocycles. The maximum atomic E-state index is 14.6. The molecule has 0 saturated heterocycles. The predicted octanol–water partition coefficient (Wildman–Crippen LogP) is 4.54. The zero-order chi connectivity index (χ0) is 20.2. The number of hydrogen-bond donors (Lipinski definition) is 1. The monoisotopic (exact) mass is 413 g/mol. The zero-order valence-corrected chi connectivity index (χ0v) is 16.7. The summed E-state index contributed by atoms with van der Waals surface area (Å²) in [7, 11) is 1.72. The summed E-state index contributed by atoms with van der Waals surface area (Å²) in [6, 6.07) is 7.72. The summed E-state index contributed by atoms with van der Waals surface area (Å²) in [6.45, 7) is 0. The molecule has 1 aliphatic carbocycles. The first kappa shape index (κ1) is 18.6. The van der Waals surface area contributed by atoms with Crippen LogP contribution in [0, 0.1) is 0 Å². The molecule has 0 bridgehead atoms. The molecule has 1 atom stereocenters. The third-order valence-electron chi connectivity index (χ3n) is 6.38. The largest absolute Gasteiger partial charge is 0.484 e. The standard InChI is InChI=1S/C22H21ClFN3O2/c1-28-16-4-6-21(7-5-16)22(10-18(24)20(25)27-22)17-9-13(2-3-19(17)29-21)14-8-15(23)12-26-11-14/h2-3,8-12,16H,4-7H2,1H3,(H2,25,27). The van der Waals surface area contributed by atoms with Crippen molar-refractivity contribution in [2.75, 3.05) is 7.11 Å². The van der Waals surface area contributed by atoms with Crippen LogP contribution < -0.4 is 10.5 Å². The van der Waals surface area contributed by atoms with Crippen molar-refractivity contribution in [3.63, 3.8) is 0 Å². The van der Waals surface area contributed by atoms with Crippen LogP contribution in [0.2, 0.25) is 5.02 Å². The second-order valence-electron chi connectivity index (χ2n) is 7.89. The van der Waals surface area contributed by atoms with Crippen LogP contribution in [0.1, 0.15) is 31.2 Å². The lowest BCUT2D eigenvalue weighted by Gasteiger charge is -2.43. The minimum atomic E-state index is -0.975. The van der Waals surface area contributed by atoms with Gasteiger partial charge in [0.2, 0.25) is 0 Å². The normalized spacial score (nSPS) is 30.2. The number of ether oxygens (including phenoxy) is 2. The molecular weight excluding hydrogens is 393 g/mol. The van der Waals surface area contributed by atoms with Crippen molar-refractivity contribution >= 4 is 17.4 Å². The van der Waals surface area contributed by atoms with Crippen molar-refractivity contribution in [1.82, 2.24) is 4.98 Å². The Hall–Kier alpha value is -2.44. The van der Waals surface area contributed by atoms with Gasteiger partial charge in [0, 0.05) is 30.6 Å². The zero-order valence-electron chi connectivity index (χ0n) is 16.0. The Morgan fingerprint density at radius 3 is 2.66 bits per heavy atom. The van der Waals surface area contributed by atoms with Crippen molar-refractivity contribution in [3.05, 3.63) is 59.1 Å². The topological polar surface area (TPSA) is 69.7 Å². The molecule has 3 aliphatic rings. The van der Waals surface area contributed by atoms with Crippen molar-refractivity contribution in [3.8, 4) is 16.9 Å². The minimum absolute atomic E-state index is 0.0792. The van der Waals surface area contributed by atoms with Crippen molar-refractivity contribution < 1.29 is 13.9 Å². The Bertz CT molecular complexity index is 1030. The highest BCUT2D eigenvalue weighted by Gasteiger charge is 2.62. The number of amidine groups is 1. The average molecular weight is 414 g/mol. The first-order valence-corrected chi connectivity index (χ1v) is 10.1. The number of aliphatic imine (C=N–C) groups is 1. The van der Waals surface area contributed by atoms with E-state index in [1.165, 1.54) is 6.08 Å². The lowest BCUT2D eigenvalue weighted by atomic mass is 9.68. The number of halogens is 2. The number of aromatic nitrogens is 1. The summed E-state index contributed by atoms with van der Waals surface area (Å²) in [5.41, 5.74) is 6.86. The molecule has 2 aromatic rings. The molecule has 3 heterocycles. The summed E-state index contributed by atoms with van der Waals surface area (Å²) < 4.78 is 26.6. The second-order valence-corrected chi connectivity index (χ2v) is 8.33. The van der Waals surface area contributed by atoms with Crippen LogP contribution in [0.5, 0.6) is 5.75 Å². The highest BCUT2D eigenvalue weighted by atomic mass is 35.5. The third kappa shape index (κ3) is 2.69. The molecule has 5 nitrogen and oxygen atoms in total. The molecule has 7 heteroatoms. The lowest BCUT2D eigenvalue weighted by molar-refractivity contribution is -0.0426. The first-order valence-electron chi connectivity index (χ1n) is 9.68. The SMILES string of the molecule is COC1CCC2(CC1)Oc1ccc(-c3cncc(Cl)c3)cc1C21C=C(F)C(N)=N1. The van der Waals surface area contributed by atoms with Crippen molar-refractivity contribution in [2.24, 2.45) is 10.7 Å². The van der Waals surface area contributed by atoms with E-state index in [4.69, 9.17) is 26.8 Å². The van der Waals surface area contributed by atoms with E-state index < -0.39 is 17.0 Å². The van der Waals surface area contributed by atoms with Gasteiger partial charge in [-0.15, -0.1) is 0 Å². The molecule has 1 aromatic heterocycles. The predicted molar refractivity (Wildman–Crippen MR) is 110 cm³/mol. The minimum Gasteiger partial charge on any atom is -0.484 e. The van der Waals surface area contributed by atoms with E-state index in [1.54, 1.807) is 19.5 Å². The molecule has 1 aromatic carbocycles. The maximum Gasteiger partial charge on any atom is 0.163 e. The quantitative estimate of drug-likeness (QED) is 0.784. The van der Waals surface area contributed by atoms with E-state index >= 15 is 0 Å². The summed E-state index contributed by atoms with van der Waals surface area (Å²) >= 11 is 6.12. The van der Waals surface area contributed by atoms with Crippen LogP contribution in [0.4, 0.5) is 4.39 Å². The molecule has 150 valence electrons. The van der Waals surface area contributed by atoms with E-state index in [0.29, 0.717) is 23.6 Å². The van der Waals surface area contributed by atoms with Crippen molar-refractivity contribution in [1.29, 1.82) is 0 Å². The molecule has 29 heavy (non-hydrogen) atoms. The number of fused-ring (bicyclic) bond motifs is 3. The fraction of sp³-hybridized carbons (Fsp3) is 0.364. The molecule has 2 aliphatic heterocycles. The Morgan fingerprint density at radius 2 is 2.00 bits per heavy atom. The number of pyridine rings is 1. The van der Waals surface area contributed by atoms with Crippen LogP contribution >= 0.6 is 11.6 Å². The molecule has 1 unspecified atom stereocenters. The number of nitrogens with two attached hydrogens (primary N) is 1. The van der Waals surface area contributed by atoms with Gasteiger partial charge >= 0.3 is 0 Å². The van der Waals surface area contributed by atoms with Crippen molar-refractivity contribution in [2.45, 2.75) is 42.9 Å². The van der Waals surface area contributed by atoms with E-state index in [2.05, 4.69) is 9.98 Å². The summed E-state index contributed by atoms with van der Waals surface area (Å²) in [6.07, 6.45) is 8.09. The molecule has 1 fully saturated rings. The van der Waals surface area contributed by atoms with Gasteiger partial charge in [-0.25, -0.2) is 9.38 Å². The van der Waals surface area contributed by atoms with Gasteiger partial charge in [-0.05, 0) is 55.5 Å². The summed E-state index contributed by atoms with van der Waals surface area (Å²) in [5, 5.41) is 0.553. The van der Waals surface area contributed by atoms with Crippen LogP contribution in [-0.4, -0.2) is 29.6 Å². The molecule has 0 amide bonds. The maximum absolute atomic E-state index is 14.6. The lowest BCUT2D eigenvalue weighted by Crippen LogP contribution is -2.52. The summed E-state index contributed by atoms with van der Waals surface area (Å²) in [5.74, 6) is 0.135. The van der Waals surface area contributed by atoms with Gasteiger partial charge in [-0.3, -0.25) is 4.98 Å². The second kappa shape index (κ2) is 6.54. The Kier molecular flexibility index (Phi) is 4.19. The first-order chi connectivity index (χ1) is 14.0. The number of benzene rings is 1. The molecular formula is C22H21ClFN3O2. The van der Waals surface area contributed by atoms with E-state index in [-0.39, 0.29) is 11.9 Å². The van der Waals surface area contributed by atoms with Gasteiger partial charge in [0.15, 0.2) is 17.2 Å². The fourth-order valence-corrected chi connectivity index (χ4v) is 5.05. The number of nitrogens with zero attached hydrogens (tertiary/aromatic N) is 2. The van der Waals surface area contributed by atoms with Gasteiger partial charge < -0.3 is 15.2 Å². The van der Waals surface area contributed by atoms with Gasteiger partial charge in [0.05, 0.1) is 11.1 Å². The van der Waals surface area contributed by atoms with Crippen LogP contribution in [-0.2, 0) is 10.3 Å². The van der Waals surface area contributed by atoms with Crippen LogP contribution in [0.3, 0.4) is 0 Å². The van der Waals surface area contributed by atoms with E-state index in [0.717, 1.165) is 29.5 Å². The van der Waals surface area contributed by atoms with E-state index in [1.807, 2.05) is 24.3 Å².